The maximum atomic E-state index is 12.9. The maximum absolute atomic E-state index is 12.9. The summed E-state index contributed by atoms with van der Waals surface area (Å²) in [6.07, 6.45) is -3.09. The van der Waals surface area contributed by atoms with Crippen molar-refractivity contribution in [3.8, 4) is 17.2 Å². The summed E-state index contributed by atoms with van der Waals surface area (Å²) < 4.78 is 54.4. The minimum atomic E-state index is -4.59. The number of rotatable bonds is 5. The smallest absolute Gasteiger partial charge is 0.327 e. The second-order valence-corrected chi connectivity index (χ2v) is 5.83. The highest BCUT2D eigenvalue weighted by atomic mass is 35.5. The summed E-state index contributed by atoms with van der Waals surface area (Å²) in [5.41, 5.74) is 4.21. The van der Waals surface area contributed by atoms with E-state index in [4.69, 9.17) is 5.73 Å². The Hall–Kier alpha value is -2.99. The molecular formula is C16H16ClF4N7O. The first-order chi connectivity index (χ1) is 13.2. The molecule has 0 fully saturated rings. The third-order valence-electron chi connectivity index (χ3n) is 3.92. The van der Waals surface area contributed by atoms with Gasteiger partial charge in [-0.05, 0) is 23.8 Å². The van der Waals surface area contributed by atoms with Crippen LogP contribution in [0.25, 0.3) is 17.2 Å². The van der Waals surface area contributed by atoms with Gasteiger partial charge in [-0.15, -0.1) is 12.4 Å². The van der Waals surface area contributed by atoms with Crippen molar-refractivity contribution in [3.63, 3.8) is 0 Å². The largest absolute Gasteiger partial charge is 0.435 e. The second kappa shape index (κ2) is 8.57. The summed E-state index contributed by atoms with van der Waals surface area (Å²) in [5.74, 6) is 0.141. The van der Waals surface area contributed by atoms with Gasteiger partial charge in [-0.25, -0.2) is 23.4 Å². The molecule has 3 rings (SSSR count). The molecule has 0 atom stereocenters. The standard InChI is InChI=1S/C16H15F4N7O.ClH/c1-25-12(5-13(24-25)16(18,19)20)11-3-2-4-14(23-11)26-9-22-27(15(26)28)8-10(6-17)7-21;/h2-6,9H,7-8,21H2,1H3;1H/b10-6+;. The Morgan fingerprint density at radius 1 is 1.31 bits per heavy atom. The van der Waals surface area contributed by atoms with Gasteiger partial charge in [0.1, 0.15) is 12.1 Å². The van der Waals surface area contributed by atoms with Crippen LogP contribution in [0.2, 0.25) is 0 Å². The van der Waals surface area contributed by atoms with E-state index in [1.165, 1.54) is 31.6 Å². The first-order valence-electron chi connectivity index (χ1n) is 7.96. The van der Waals surface area contributed by atoms with Gasteiger partial charge in [-0.1, -0.05) is 6.07 Å². The molecule has 0 amide bonds. The zero-order chi connectivity index (χ0) is 20.5. The quantitative estimate of drug-likeness (QED) is 0.621. The molecule has 29 heavy (non-hydrogen) atoms. The van der Waals surface area contributed by atoms with Gasteiger partial charge < -0.3 is 5.73 Å². The highest BCUT2D eigenvalue weighted by molar-refractivity contribution is 5.85. The van der Waals surface area contributed by atoms with Gasteiger partial charge in [0, 0.05) is 13.6 Å². The Kier molecular flexibility index (Phi) is 6.59. The van der Waals surface area contributed by atoms with Gasteiger partial charge in [0.05, 0.1) is 24.3 Å². The monoisotopic (exact) mass is 433 g/mol. The van der Waals surface area contributed by atoms with Crippen LogP contribution >= 0.6 is 12.4 Å². The van der Waals surface area contributed by atoms with E-state index in [9.17, 15) is 22.4 Å². The molecule has 0 aliphatic carbocycles. The molecular weight excluding hydrogens is 418 g/mol. The Morgan fingerprint density at radius 2 is 2.03 bits per heavy atom. The maximum Gasteiger partial charge on any atom is 0.435 e. The molecule has 0 aliphatic rings. The van der Waals surface area contributed by atoms with Crippen LogP contribution < -0.4 is 11.4 Å². The van der Waals surface area contributed by atoms with E-state index in [-0.39, 0.29) is 48.3 Å². The lowest BCUT2D eigenvalue weighted by atomic mass is 10.2. The van der Waals surface area contributed by atoms with Crippen LogP contribution in [0, 0.1) is 0 Å². The van der Waals surface area contributed by atoms with E-state index in [0.717, 1.165) is 20.0 Å². The second-order valence-electron chi connectivity index (χ2n) is 5.83. The number of halogens is 5. The van der Waals surface area contributed by atoms with Crippen molar-refractivity contribution in [2.75, 3.05) is 6.54 Å². The molecule has 0 spiro atoms. The SMILES string of the molecule is Cl.Cn1nc(C(F)(F)F)cc1-c1cccc(-n2cnn(C/C(=C/F)CN)c2=O)n1. The Morgan fingerprint density at radius 3 is 2.62 bits per heavy atom. The summed E-state index contributed by atoms with van der Waals surface area (Å²) in [6, 6.07) is 5.40. The van der Waals surface area contributed by atoms with Gasteiger partial charge in [-0.3, -0.25) is 4.68 Å². The molecule has 8 nitrogen and oxygen atoms in total. The number of aromatic nitrogens is 6. The Labute approximate surface area is 167 Å². The van der Waals surface area contributed by atoms with Crippen molar-refractivity contribution in [2.24, 2.45) is 12.8 Å². The van der Waals surface area contributed by atoms with Gasteiger partial charge in [0.15, 0.2) is 5.69 Å². The minimum Gasteiger partial charge on any atom is -0.327 e. The molecule has 0 radical (unpaired) electrons. The fraction of sp³-hybridized carbons (Fsp3) is 0.250. The fourth-order valence-corrected chi connectivity index (χ4v) is 2.48. The van der Waals surface area contributed by atoms with Crippen LogP contribution in [0.15, 0.2) is 47.3 Å². The Balaban J connectivity index is 0.00000300. The van der Waals surface area contributed by atoms with E-state index in [0.29, 0.717) is 6.33 Å². The topological polar surface area (TPSA) is 96.5 Å². The number of alkyl halides is 3. The molecule has 3 aromatic heterocycles. The first kappa shape index (κ1) is 22.3. The van der Waals surface area contributed by atoms with Crippen LogP contribution in [-0.2, 0) is 19.8 Å². The van der Waals surface area contributed by atoms with Gasteiger partial charge in [-0.2, -0.15) is 23.4 Å². The van der Waals surface area contributed by atoms with E-state index in [1.54, 1.807) is 0 Å². The number of pyridine rings is 1. The molecule has 0 aromatic carbocycles. The number of hydrogen-bond acceptors (Lipinski definition) is 5. The highest BCUT2D eigenvalue weighted by Gasteiger charge is 2.34. The van der Waals surface area contributed by atoms with Crippen molar-refractivity contribution < 1.29 is 17.6 Å². The number of aryl methyl sites for hydroxylation is 1. The van der Waals surface area contributed by atoms with Gasteiger partial charge >= 0.3 is 11.9 Å². The molecule has 0 unspecified atom stereocenters. The predicted octanol–water partition coefficient (Wildman–Crippen LogP) is 2.08. The lowest BCUT2D eigenvalue weighted by Crippen LogP contribution is -2.26. The molecule has 13 heteroatoms. The Bertz CT molecular complexity index is 1080. The van der Waals surface area contributed by atoms with Crippen LogP contribution in [0.4, 0.5) is 17.6 Å². The van der Waals surface area contributed by atoms with Crippen molar-refractivity contribution in [3.05, 3.63) is 58.7 Å². The van der Waals surface area contributed by atoms with Crippen molar-refractivity contribution in [1.29, 1.82) is 0 Å². The van der Waals surface area contributed by atoms with E-state index in [2.05, 4.69) is 15.2 Å². The lowest BCUT2D eigenvalue weighted by Gasteiger charge is -2.05. The molecule has 156 valence electrons. The number of hydrogen-bond donors (Lipinski definition) is 1. The number of nitrogens with two attached hydrogens (primary N) is 1. The third-order valence-corrected chi connectivity index (χ3v) is 3.92. The van der Waals surface area contributed by atoms with Crippen LogP contribution in [0.1, 0.15) is 5.69 Å². The van der Waals surface area contributed by atoms with Crippen LogP contribution in [0.5, 0.6) is 0 Å². The van der Waals surface area contributed by atoms with Crippen LogP contribution in [0.3, 0.4) is 0 Å². The van der Waals surface area contributed by atoms with Gasteiger partial charge in [0.25, 0.3) is 0 Å². The molecule has 0 aliphatic heterocycles. The summed E-state index contributed by atoms with van der Waals surface area (Å²) in [6.45, 7) is -0.208. The summed E-state index contributed by atoms with van der Waals surface area (Å²) in [7, 11) is 1.36. The molecule has 0 saturated heterocycles. The summed E-state index contributed by atoms with van der Waals surface area (Å²) in [4.78, 5) is 16.7. The minimum absolute atomic E-state index is 0. The fourth-order valence-electron chi connectivity index (χ4n) is 2.48. The molecule has 3 aromatic rings. The highest BCUT2D eigenvalue weighted by Crippen LogP contribution is 2.31. The molecule has 3 heterocycles. The normalized spacial score (nSPS) is 12.1. The van der Waals surface area contributed by atoms with Crippen LogP contribution in [-0.4, -0.2) is 35.7 Å². The van der Waals surface area contributed by atoms with Crippen molar-refractivity contribution >= 4 is 12.4 Å². The zero-order valence-corrected chi connectivity index (χ0v) is 15.8. The first-order valence-corrected chi connectivity index (χ1v) is 7.96. The van der Waals surface area contributed by atoms with E-state index < -0.39 is 17.6 Å². The molecule has 0 saturated carbocycles. The van der Waals surface area contributed by atoms with E-state index >= 15 is 0 Å². The predicted molar refractivity (Wildman–Crippen MR) is 98.3 cm³/mol. The number of nitrogens with zero attached hydrogens (tertiary/aromatic N) is 6. The lowest BCUT2D eigenvalue weighted by molar-refractivity contribution is -0.141. The average Bonchev–Trinajstić information content (AvgIpc) is 3.22. The van der Waals surface area contributed by atoms with E-state index in [1.807, 2.05) is 0 Å². The van der Waals surface area contributed by atoms with Crippen molar-refractivity contribution in [2.45, 2.75) is 12.7 Å². The van der Waals surface area contributed by atoms with Crippen molar-refractivity contribution in [1.82, 2.24) is 29.1 Å². The summed E-state index contributed by atoms with van der Waals surface area (Å²) >= 11 is 0. The molecule has 2 N–H and O–H groups in total. The third kappa shape index (κ3) is 4.54. The summed E-state index contributed by atoms with van der Waals surface area (Å²) in [5, 5.41) is 7.33. The van der Waals surface area contributed by atoms with Gasteiger partial charge in [0.2, 0.25) is 0 Å². The zero-order valence-electron chi connectivity index (χ0n) is 15.0. The average molecular weight is 434 g/mol. The molecule has 0 bridgehead atoms.